The number of rotatable bonds is 15. The van der Waals surface area contributed by atoms with E-state index in [-0.39, 0.29) is 0 Å². The average molecular weight is 281 g/mol. The zero-order valence-electron chi connectivity index (χ0n) is 13.5. The Morgan fingerprint density at radius 3 is 1.85 bits per heavy atom. The number of quaternary nitrogens is 1. The van der Waals surface area contributed by atoms with Crippen LogP contribution in [0.1, 0.15) is 84.0 Å². The molecule has 0 saturated heterocycles. The largest absolute Gasteiger partial charge is 0.636 e. The van der Waals surface area contributed by atoms with Gasteiger partial charge in [-0.05, 0) is 44.9 Å². The molecule has 0 spiro atoms. The molecule has 0 atom stereocenters. The number of hydrogen-bond acceptors (Lipinski definition) is 1. The molecule has 118 valence electrons. The molecule has 0 bridgehead atoms. The molecule has 2 heteroatoms. The molecule has 0 aromatic carbocycles. The SMILES string of the molecule is CCCCC/C=C\C/C=C\CCCCCCCC[NH2+][O-]. The summed E-state index contributed by atoms with van der Waals surface area (Å²) in [5.74, 6) is 0. The van der Waals surface area contributed by atoms with Gasteiger partial charge in [-0.15, -0.1) is 0 Å². The standard InChI is InChI=1S/C18H35NO/c1-2-3-4-5-6-7-8-9-10-11-12-13-14-15-16-17-18-19-20/h6-7,9-10H,2-5,8,11-19H2,1H3/b7-6-,10-9-. The van der Waals surface area contributed by atoms with Crippen molar-refractivity contribution in [1.29, 1.82) is 0 Å². The molecule has 0 aliphatic rings. The number of nitrogens with two attached hydrogens (primary N) is 1. The van der Waals surface area contributed by atoms with E-state index >= 15 is 0 Å². The van der Waals surface area contributed by atoms with E-state index < -0.39 is 0 Å². The summed E-state index contributed by atoms with van der Waals surface area (Å²) >= 11 is 0. The Morgan fingerprint density at radius 2 is 1.25 bits per heavy atom. The molecule has 0 aliphatic heterocycles. The highest BCUT2D eigenvalue weighted by atomic mass is 16.5. The Hall–Kier alpha value is -0.600. The van der Waals surface area contributed by atoms with Crippen LogP contribution in [0.3, 0.4) is 0 Å². The highest BCUT2D eigenvalue weighted by molar-refractivity contribution is 4.92. The monoisotopic (exact) mass is 281 g/mol. The minimum absolute atomic E-state index is 0.745. The Kier molecular flexibility index (Phi) is 17.8. The molecule has 0 fully saturated rings. The molecule has 0 aromatic rings. The normalized spacial score (nSPS) is 11.9. The molecule has 0 amide bonds. The maximum atomic E-state index is 10.1. The van der Waals surface area contributed by atoms with Crippen molar-refractivity contribution in [2.24, 2.45) is 0 Å². The van der Waals surface area contributed by atoms with Crippen LogP contribution in [-0.4, -0.2) is 6.54 Å². The first-order chi connectivity index (χ1) is 9.91. The predicted molar refractivity (Wildman–Crippen MR) is 89.5 cm³/mol. The van der Waals surface area contributed by atoms with Crippen molar-refractivity contribution in [3.05, 3.63) is 29.5 Å². The molecule has 0 radical (unpaired) electrons. The van der Waals surface area contributed by atoms with Gasteiger partial charge in [0.1, 0.15) is 0 Å². The molecule has 20 heavy (non-hydrogen) atoms. The van der Waals surface area contributed by atoms with E-state index in [1.165, 1.54) is 64.2 Å². The van der Waals surface area contributed by atoms with Crippen LogP contribution < -0.4 is 5.48 Å². The summed E-state index contributed by atoms with van der Waals surface area (Å²) in [6, 6.07) is 0. The van der Waals surface area contributed by atoms with Gasteiger partial charge in [0.05, 0.1) is 6.54 Å². The van der Waals surface area contributed by atoms with Crippen LogP contribution in [-0.2, 0) is 0 Å². The maximum Gasteiger partial charge on any atom is 0.0752 e. The van der Waals surface area contributed by atoms with E-state index in [1.807, 2.05) is 0 Å². The van der Waals surface area contributed by atoms with E-state index in [2.05, 4.69) is 31.2 Å². The first kappa shape index (κ1) is 19.4. The van der Waals surface area contributed by atoms with Crippen molar-refractivity contribution in [2.75, 3.05) is 6.54 Å². The van der Waals surface area contributed by atoms with E-state index in [1.54, 1.807) is 0 Å². The van der Waals surface area contributed by atoms with E-state index in [4.69, 9.17) is 0 Å². The van der Waals surface area contributed by atoms with Crippen molar-refractivity contribution in [2.45, 2.75) is 84.0 Å². The molecule has 0 rings (SSSR count). The van der Waals surface area contributed by atoms with Gasteiger partial charge in [0, 0.05) is 0 Å². The highest BCUT2D eigenvalue weighted by Crippen LogP contribution is 2.07. The Balaban J connectivity index is 3.12. The smallest absolute Gasteiger partial charge is 0.0752 e. The summed E-state index contributed by atoms with van der Waals surface area (Å²) in [6.45, 7) is 2.99. The molecular formula is C18H35NO. The minimum atomic E-state index is 0.745. The van der Waals surface area contributed by atoms with Crippen molar-refractivity contribution in [3.8, 4) is 0 Å². The number of hydroxylamine groups is 1. The summed E-state index contributed by atoms with van der Waals surface area (Å²) in [6.07, 6.45) is 24.3. The van der Waals surface area contributed by atoms with Crippen molar-refractivity contribution >= 4 is 0 Å². The van der Waals surface area contributed by atoms with Gasteiger partial charge in [0.15, 0.2) is 0 Å². The predicted octanol–water partition coefficient (Wildman–Crippen LogP) is 4.86. The Morgan fingerprint density at radius 1 is 0.700 bits per heavy atom. The summed E-state index contributed by atoms with van der Waals surface area (Å²) in [7, 11) is 0. The molecule has 0 saturated carbocycles. The van der Waals surface area contributed by atoms with Crippen LogP contribution in [0.2, 0.25) is 0 Å². The van der Waals surface area contributed by atoms with Gasteiger partial charge < -0.3 is 10.7 Å². The van der Waals surface area contributed by atoms with E-state index in [9.17, 15) is 5.21 Å². The summed E-state index contributed by atoms with van der Waals surface area (Å²) in [4.78, 5) is 0. The van der Waals surface area contributed by atoms with Crippen LogP contribution in [0.5, 0.6) is 0 Å². The van der Waals surface area contributed by atoms with Gasteiger partial charge in [-0.1, -0.05) is 63.3 Å². The van der Waals surface area contributed by atoms with Gasteiger partial charge in [-0.3, -0.25) is 0 Å². The fourth-order valence-corrected chi connectivity index (χ4v) is 2.22. The lowest BCUT2D eigenvalue weighted by Crippen LogP contribution is -2.77. The second-order valence-corrected chi connectivity index (χ2v) is 5.54. The lowest BCUT2D eigenvalue weighted by Gasteiger charge is -2.01. The van der Waals surface area contributed by atoms with E-state index in [0.717, 1.165) is 24.9 Å². The fourth-order valence-electron chi connectivity index (χ4n) is 2.22. The van der Waals surface area contributed by atoms with Crippen molar-refractivity contribution < 1.29 is 5.48 Å². The molecular weight excluding hydrogens is 246 g/mol. The molecule has 0 unspecified atom stereocenters. The minimum Gasteiger partial charge on any atom is -0.636 e. The van der Waals surface area contributed by atoms with Crippen LogP contribution >= 0.6 is 0 Å². The van der Waals surface area contributed by atoms with Crippen LogP contribution in [0, 0.1) is 5.21 Å². The molecule has 0 aromatic heterocycles. The third-order valence-electron chi connectivity index (χ3n) is 3.52. The summed E-state index contributed by atoms with van der Waals surface area (Å²) in [5, 5.41) is 10.1. The first-order valence-corrected chi connectivity index (χ1v) is 8.65. The number of hydrogen-bond donors (Lipinski definition) is 1. The molecule has 0 heterocycles. The first-order valence-electron chi connectivity index (χ1n) is 8.65. The van der Waals surface area contributed by atoms with Crippen LogP contribution in [0.4, 0.5) is 0 Å². The molecule has 2 nitrogen and oxygen atoms in total. The lowest BCUT2D eigenvalue weighted by atomic mass is 10.1. The van der Waals surface area contributed by atoms with Gasteiger partial charge in [0.25, 0.3) is 0 Å². The average Bonchev–Trinajstić information content (AvgIpc) is 2.47. The Labute approximate surface area is 126 Å². The van der Waals surface area contributed by atoms with Gasteiger partial charge >= 0.3 is 0 Å². The van der Waals surface area contributed by atoms with Crippen molar-refractivity contribution in [1.82, 2.24) is 0 Å². The lowest BCUT2D eigenvalue weighted by molar-refractivity contribution is -0.589. The molecule has 2 N–H and O–H groups in total. The van der Waals surface area contributed by atoms with Crippen LogP contribution in [0.15, 0.2) is 24.3 Å². The summed E-state index contributed by atoms with van der Waals surface area (Å²) < 4.78 is 0. The topological polar surface area (TPSA) is 39.7 Å². The fraction of sp³-hybridized carbons (Fsp3) is 0.778. The highest BCUT2D eigenvalue weighted by Gasteiger charge is 1.90. The Bertz CT molecular complexity index is 223. The zero-order valence-corrected chi connectivity index (χ0v) is 13.5. The van der Waals surface area contributed by atoms with Crippen molar-refractivity contribution in [3.63, 3.8) is 0 Å². The van der Waals surface area contributed by atoms with E-state index in [0.29, 0.717) is 0 Å². The number of unbranched alkanes of at least 4 members (excludes halogenated alkanes) is 9. The third-order valence-corrected chi connectivity index (χ3v) is 3.52. The zero-order chi connectivity index (χ0) is 14.7. The van der Waals surface area contributed by atoms with Gasteiger partial charge in [0.2, 0.25) is 0 Å². The third kappa shape index (κ3) is 17.4. The quantitative estimate of drug-likeness (QED) is 0.260. The second-order valence-electron chi connectivity index (χ2n) is 5.54. The maximum absolute atomic E-state index is 10.1. The second kappa shape index (κ2) is 18.4. The number of allylic oxidation sites excluding steroid dienone is 4. The van der Waals surface area contributed by atoms with Gasteiger partial charge in [-0.2, -0.15) is 0 Å². The molecule has 0 aliphatic carbocycles. The summed E-state index contributed by atoms with van der Waals surface area (Å²) in [5.41, 5.74) is 1.03. The van der Waals surface area contributed by atoms with Gasteiger partial charge in [-0.25, -0.2) is 0 Å². The van der Waals surface area contributed by atoms with Crippen LogP contribution in [0.25, 0.3) is 0 Å².